The molecule has 27 heavy (non-hydrogen) atoms. The molecule has 2 N–H and O–H groups in total. The van der Waals surface area contributed by atoms with Crippen molar-refractivity contribution in [3.8, 4) is 0 Å². The number of carbonyl (C=O) groups is 2. The quantitative estimate of drug-likeness (QED) is 0.725. The number of carbonyl (C=O) groups excluding carboxylic acids is 2. The molecule has 1 aliphatic carbocycles. The highest BCUT2D eigenvalue weighted by Gasteiger charge is 2.27. The number of rotatable bonds is 4. The molecule has 5 heteroatoms. The van der Waals surface area contributed by atoms with Crippen LogP contribution in [0, 0.1) is 0 Å². The molecule has 5 nitrogen and oxygen atoms in total. The van der Waals surface area contributed by atoms with E-state index in [1.54, 1.807) is 0 Å². The first-order valence-corrected chi connectivity index (χ1v) is 8.76. The SMILES string of the molecule is NC(=O)COC(=O)c1c2c(nc3ccccc13)C(=Cc1ccccc1)CC2. The van der Waals surface area contributed by atoms with E-state index >= 15 is 0 Å². The molecule has 1 aromatic heterocycles. The van der Waals surface area contributed by atoms with Gasteiger partial charge in [-0.2, -0.15) is 0 Å². The van der Waals surface area contributed by atoms with Gasteiger partial charge in [-0.1, -0.05) is 48.5 Å². The zero-order chi connectivity index (χ0) is 18.8. The second-order valence-corrected chi connectivity index (χ2v) is 6.45. The monoisotopic (exact) mass is 358 g/mol. The Bertz CT molecular complexity index is 1070. The average molecular weight is 358 g/mol. The van der Waals surface area contributed by atoms with Crippen molar-refractivity contribution in [3.63, 3.8) is 0 Å². The fourth-order valence-electron chi connectivity index (χ4n) is 3.47. The molecule has 2 aromatic carbocycles. The van der Waals surface area contributed by atoms with Gasteiger partial charge in [-0.25, -0.2) is 9.78 Å². The molecule has 0 unspecified atom stereocenters. The molecule has 0 atom stereocenters. The topological polar surface area (TPSA) is 82.3 Å². The first-order valence-electron chi connectivity index (χ1n) is 8.76. The number of allylic oxidation sites excluding steroid dienone is 1. The second kappa shape index (κ2) is 7.03. The normalized spacial score (nSPS) is 14.3. The van der Waals surface area contributed by atoms with Gasteiger partial charge in [-0.3, -0.25) is 4.79 Å². The maximum atomic E-state index is 12.7. The summed E-state index contributed by atoms with van der Waals surface area (Å²) >= 11 is 0. The van der Waals surface area contributed by atoms with Crippen LogP contribution in [0.2, 0.25) is 0 Å². The first kappa shape index (κ1) is 17.0. The highest BCUT2D eigenvalue weighted by Crippen LogP contribution is 2.37. The number of primary amides is 1. The third-order valence-electron chi connectivity index (χ3n) is 4.63. The Morgan fingerprint density at radius 3 is 2.56 bits per heavy atom. The maximum absolute atomic E-state index is 12.7. The van der Waals surface area contributed by atoms with E-state index in [4.69, 9.17) is 15.5 Å². The van der Waals surface area contributed by atoms with Gasteiger partial charge in [0, 0.05) is 5.39 Å². The van der Waals surface area contributed by atoms with E-state index in [1.165, 1.54) is 0 Å². The fraction of sp³-hybridized carbons (Fsp3) is 0.136. The molecule has 3 aromatic rings. The summed E-state index contributed by atoms with van der Waals surface area (Å²) in [6.07, 6.45) is 3.60. The number of benzene rings is 2. The molecule has 1 heterocycles. The van der Waals surface area contributed by atoms with Crippen molar-refractivity contribution < 1.29 is 14.3 Å². The third-order valence-corrected chi connectivity index (χ3v) is 4.63. The Morgan fingerprint density at radius 1 is 1.04 bits per heavy atom. The summed E-state index contributed by atoms with van der Waals surface area (Å²) < 4.78 is 5.12. The van der Waals surface area contributed by atoms with Gasteiger partial charge in [0.25, 0.3) is 5.91 Å². The van der Waals surface area contributed by atoms with Crippen molar-refractivity contribution in [2.75, 3.05) is 6.61 Å². The molecule has 0 aliphatic heterocycles. The van der Waals surface area contributed by atoms with Crippen molar-refractivity contribution in [3.05, 3.63) is 77.0 Å². The lowest BCUT2D eigenvalue weighted by Gasteiger charge is -2.11. The number of ether oxygens (including phenoxy) is 1. The van der Waals surface area contributed by atoms with E-state index in [2.05, 4.69) is 6.08 Å². The molecule has 4 rings (SSSR count). The Kier molecular flexibility index (Phi) is 4.42. The van der Waals surface area contributed by atoms with Crippen LogP contribution in [0.1, 0.15) is 33.6 Å². The molecule has 0 saturated carbocycles. The number of nitrogens with two attached hydrogens (primary N) is 1. The molecule has 0 saturated heterocycles. The third kappa shape index (κ3) is 3.31. The van der Waals surface area contributed by atoms with E-state index < -0.39 is 18.5 Å². The van der Waals surface area contributed by atoms with Gasteiger partial charge in [-0.15, -0.1) is 0 Å². The molecular formula is C22H18N2O3. The molecule has 134 valence electrons. The van der Waals surface area contributed by atoms with Crippen LogP contribution in [0.3, 0.4) is 0 Å². The predicted molar refractivity (Wildman–Crippen MR) is 104 cm³/mol. The van der Waals surface area contributed by atoms with Crippen LogP contribution in [0.25, 0.3) is 22.6 Å². The minimum atomic E-state index is -0.678. The van der Waals surface area contributed by atoms with Crippen LogP contribution in [0.15, 0.2) is 54.6 Å². The summed E-state index contributed by atoms with van der Waals surface area (Å²) in [4.78, 5) is 28.5. The first-order chi connectivity index (χ1) is 13.1. The number of aromatic nitrogens is 1. The summed E-state index contributed by atoms with van der Waals surface area (Å²) in [5.74, 6) is -1.22. The Morgan fingerprint density at radius 2 is 1.78 bits per heavy atom. The highest BCUT2D eigenvalue weighted by atomic mass is 16.5. The Balaban J connectivity index is 1.85. The van der Waals surface area contributed by atoms with E-state index in [0.717, 1.165) is 39.7 Å². The summed E-state index contributed by atoms with van der Waals surface area (Å²) in [7, 11) is 0. The van der Waals surface area contributed by atoms with Crippen LogP contribution >= 0.6 is 0 Å². The van der Waals surface area contributed by atoms with E-state index in [9.17, 15) is 9.59 Å². The van der Waals surface area contributed by atoms with Gasteiger partial charge in [-0.05, 0) is 41.7 Å². The Labute approximate surface area is 156 Å². The van der Waals surface area contributed by atoms with Crippen LogP contribution in [0.5, 0.6) is 0 Å². The minimum Gasteiger partial charge on any atom is -0.452 e. The second-order valence-electron chi connectivity index (χ2n) is 6.45. The number of para-hydroxylation sites is 1. The number of nitrogens with zero attached hydrogens (tertiary/aromatic N) is 1. The number of hydrogen-bond donors (Lipinski definition) is 1. The number of hydrogen-bond acceptors (Lipinski definition) is 4. The zero-order valence-electron chi connectivity index (χ0n) is 14.6. The molecule has 0 fully saturated rings. The summed E-state index contributed by atoms with van der Waals surface area (Å²) in [6, 6.07) is 17.5. The summed E-state index contributed by atoms with van der Waals surface area (Å²) in [6.45, 7) is -0.434. The van der Waals surface area contributed by atoms with Crippen molar-refractivity contribution in [1.29, 1.82) is 0 Å². The number of esters is 1. The average Bonchev–Trinajstić information content (AvgIpc) is 3.07. The zero-order valence-corrected chi connectivity index (χ0v) is 14.6. The van der Waals surface area contributed by atoms with Crippen LogP contribution in [0.4, 0.5) is 0 Å². The Hall–Kier alpha value is -3.47. The smallest absolute Gasteiger partial charge is 0.339 e. The van der Waals surface area contributed by atoms with E-state index in [1.807, 2.05) is 54.6 Å². The fourth-order valence-corrected chi connectivity index (χ4v) is 3.47. The maximum Gasteiger partial charge on any atom is 0.339 e. The highest BCUT2D eigenvalue weighted by molar-refractivity contribution is 6.07. The molecule has 0 bridgehead atoms. The predicted octanol–water partition coefficient (Wildman–Crippen LogP) is 3.36. The summed E-state index contributed by atoms with van der Waals surface area (Å²) in [5.41, 5.74) is 10.2. The van der Waals surface area contributed by atoms with Crippen molar-refractivity contribution >= 4 is 34.4 Å². The lowest BCUT2D eigenvalue weighted by atomic mass is 10.0. The van der Waals surface area contributed by atoms with Gasteiger partial charge >= 0.3 is 5.97 Å². The van der Waals surface area contributed by atoms with Gasteiger partial charge in [0.05, 0.1) is 16.8 Å². The molecular weight excluding hydrogens is 340 g/mol. The van der Waals surface area contributed by atoms with E-state index in [0.29, 0.717) is 12.0 Å². The van der Waals surface area contributed by atoms with Gasteiger partial charge in [0.1, 0.15) is 0 Å². The van der Waals surface area contributed by atoms with Gasteiger partial charge in [0.2, 0.25) is 0 Å². The van der Waals surface area contributed by atoms with Crippen molar-refractivity contribution in [2.24, 2.45) is 5.73 Å². The van der Waals surface area contributed by atoms with E-state index in [-0.39, 0.29) is 0 Å². The molecule has 1 amide bonds. The largest absolute Gasteiger partial charge is 0.452 e. The summed E-state index contributed by atoms with van der Waals surface area (Å²) in [5, 5.41) is 0.728. The van der Waals surface area contributed by atoms with Gasteiger partial charge < -0.3 is 10.5 Å². The van der Waals surface area contributed by atoms with Crippen LogP contribution in [-0.2, 0) is 16.0 Å². The van der Waals surface area contributed by atoms with Gasteiger partial charge in [0.15, 0.2) is 6.61 Å². The molecule has 0 spiro atoms. The van der Waals surface area contributed by atoms with Crippen LogP contribution < -0.4 is 5.73 Å². The molecule has 0 radical (unpaired) electrons. The lowest BCUT2D eigenvalue weighted by molar-refractivity contribution is -0.121. The lowest BCUT2D eigenvalue weighted by Crippen LogP contribution is -2.21. The van der Waals surface area contributed by atoms with Crippen LogP contribution in [-0.4, -0.2) is 23.5 Å². The van der Waals surface area contributed by atoms with Crippen molar-refractivity contribution in [1.82, 2.24) is 4.98 Å². The number of amides is 1. The number of fused-ring (bicyclic) bond motifs is 2. The minimum absolute atomic E-state index is 0.434. The molecule has 1 aliphatic rings. The van der Waals surface area contributed by atoms with Crippen molar-refractivity contribution in [2.45, 2.75) is 12.8 Å². The standard InChI is InChI=1S/C22H18N2O3/c23-19(25)13-27-22(26)20-16-8-4-5-9-18(16)24-21-15(10-11-17(20)21)12-14-6-2-1-3-7-14/h1-9,12H,10-11,13H2,(H2,23,25). The number of pyridine rings is 1.